The van der Waals surface area contributed by atoms with Crippen molar-refractivity contribution in [2.24, 2.45) is 7.05 Å². The van der Waals surface area contributed by atoms with Crippen LogP contribution in [0.3, 0.4) is 0 Å². The van der Waals surface area contributed by atoms with Crippen molar-refractivity contribution < 1.29 is 4.79 Å². The topological polar surface area (TPSA) is 46.9 Å². The molecule has 1 heterocycles. The summed E-state index contributed by atoms with van der Waals surface area (Å²) >= 11 is 0. The Labute approximate surface area is 132 Å². The van der Waals surface area contributed by atoms with Gasteiger partial charge >= 0.3 is 0 Å². The average Bonchev–Trinajstić information content (AvgIpc) is 2.98. The van der Waals surface area contributed by atoms with Crippen molar-refractivity contribution in [3.8, 4) is 0 Å². The third kappa shape index (κ3) is 3.56. The van der Waals surface area contributed by atoms with Crippen molar-refractivity contribution in [1.29, 1.82) is 0 Å². The summed E-state index contributed by atoms with van der Waals surface area (Å²) in [6, 6.07) is 10.3. The van der Waals surface area contributed by atoms with Crippen LogP contribution in [0.4, 0.5) is 0 Å². The highest BCUT2D eigenvalue weighted by Gasteiger charge is 2.16. The van der Waals surface area contributed by atoms with E-state index in [-0.39, 0.29) is 11.9 Å². The third-order valence-electron chi connectivity index (χ3n) is 4.29. The Morgan fingerprint density at radius 2 is 1.77 bits per heavy atom. The van der Waals surface area contributed by atoms with Crippen LogP contribution >= 0.6 is 0 Å². The van der Waals surface area contributed by atoms with Gasteiger partial charge in [0, 0.05) is 13.2 Å². The summed E-state index contributed by atoms with van der Waals surface area (Å²) < 4.78 is 1.59. The second kappa shape index (κ2) is 7.25. The van der Waals surface area contributed by atoms with Gasteiger partial charge in [-0.1, -0.05) is 45.0 Å². The molecule has 4 heteroatoms. The Morgan fingerprint density at radius 1 is 1.14 bits per heavy atom. The maximum Gasteiger partial charge on any atom is 0.270 e. The molecule has 0 aliphatic carbocycles. The highest BCUT2D eigenvalue weighted by atomic mass is 16.2. The Kier molecular flexibility index (Phi) is 5.36. The van der Waals surface area contributed by atoms with Crippen molar-refractivity contribution in [3.63, 3.8) is 0 Å². The van der Waals surface area contributed by atoms with Crippen molar-refractivity contribution >= 4 is 5.91 Å². The predicted octanol–water partition coefficient (Wildman–Crippen LogP) is 3.81. The number of rotatable bonds is 6. The minimum Gasteiger partial charge on any atom is -0.344 e. The number of hydrogen-bond donors (Lipinski definition) is 1. The number of carbonyl (C=O) groups excluding carboxylic acids is 1. The molecular weight excluding hydrogens is 274 g/mol. The molecule has 118 valence electrons. The molecule has 2 aromatic rings. The molecule has 0 saturated heterocycles. The highest BCUT2D eigenvalue weighted by Crippen LogP contribution is 2.23. The predicted molar refractivity (Wildman–Crippen MR) is 88.9 cm³/mol. The van der Waals surface area contributed by atoms with Crippen LogP contribution in [0.15, 0.2) is 36.5 Å². The number of nitrogens with zero attached hydrogens (tertiary/aromatic N) is 2. The fourth-order valence-electron chi connectivity index (χ4n) is 2.54. The van der Waals surface area contributed by atoms with Crippen LogP contribution < -0.4 is 5.32 Å². The largest absolute Gasteiger partial charge is 0.344 e. The molecule has 1 aromatic carbocycles. The lowest BCUT2D eigenvalue weighted by Gasteiger charge is -2.18. The van der Waals surface area contributed by atoms with Crippen molar-refractivity contribution in [2.75, 3.05) is 0 Å². The van der Waals surface area contributed by atoms with Gasteiger partial charge in [-0.15, -0.1) is 0 Å². The first-order chi connectivity index (χ1) is 10.6. The molecule has 2 atom stereocenters. The molecule has 4 nitrogen and oxygen atoms in total. The molecule has 2 unspecified atom stereocenters. The molecule has 2 rings (SSSR count). The summed E-state index contributed by atoms with van der Waals surface area (Å²) in [7, 11) is 1.77. The van der Waals surface area contributed by atoms with Crippen molar-refractivity contribution in [3.05, 3.63) is 53.3 Å². The summed E-state index contributed by atoms with van der Waals surface area (Å²) in [5, 5.41) is 7.13. The number of nitrogens with one attached hydrogen (secondary N) is 1. The monoisotopic (exact) mass is 299 g/mol. The van der Waals surface area contributed by atoms with Gasteiger partial charge in [0.05, 0.1) is 6.04 Å². The molecule has 0 aliphatic heterocycles. The normalized spacial score (nSPS) is 13.6. The van der Waals surface area contributed by atoms with Gasteiger partial charge in [-0.2, -0.15) is 5.10 Å². The van der Waals surface area contributed by atoms with E-state index >= 15 is 0 Å². The SMILES string of the molecule is CCC(C)c1ccc(C(CC)NC(=O)c2ccnn2C)cc1. The molecule has 22 heavy (non-hydrogen) atoms. The Balaban J connectivity index is 2.11. The van der Waals surface area contributed by atoms with Crippen LogP contribution in [0.1, 0.15) is 67.2 Å². The van der Waals surface area contributed by atoms with Gasteiger partial charge in [0.25, 0.3) is 5.91 Å². The average molecular weight is 299 g/mol. The van der Waals surface area contributed by atoms with Crippen molar-refractivity contribution in [2.45, 2.75) is 45.6 Å². The third-order valence-corrected chi connectivity index (χ3v) is 4.29. The van der Waals surface area contributed by atoms with Crippen LogP contribution in [0.2, 0.25) is 0 Å². The van der Waals surface area contributed by atoms with E-state index in [4.69, 9.17) is 0 Å². The summed E-state index contributed by atoms with van der Waals surface area (Å²) in [4.78, 5) is 12.3. The number of aryl methyl sites for hydroxylation is 1. The summed E-state index contributed by atoms with van der Waals surface area (Å²) in [5.41, 5.74) is 3.07. The molecule has 1 N–H and O–H groups in total. The molecule has 1 amide bonds. The maximum atomic E-state index is 12.3. The molecular formula is C18H25N3O. The minimum absolute atomic E-state index is 0.0217. The first-order valence-electron chi connectivity index (χ1n) is 7.95. The summed E-state index contributed by atoms with van der Waals surface area (Å²) in [6.07, 6.45) is 3.62. The van der Waals surface area contributed by atoms with E-state index in [0.717, 1.165) is 18.4 Å². The smallest absolute Gasteiger partial charge is 0.270 e. The zero-order valence-corrected chi connectivity index (χ0v) is 13.8. The van der Waals surface area contributed by atoms with E-state index in [0.29, 0.717) is 11.6 Å². The van der Waals surface area contributed by atoms with Crippen LogP contribution in [-0.4, -0.2) is 15.7 Å². The number of aromatic nitrogens is 2. The molecule has 1 aromatic heterocycles. The quantitative estimate of drug-likeness (QED) is 0.881. The van der Waals surface area contributed by atoms with Crippen LogP contribution in [0, 0.1) is 0 Å². The standard InChI is InChI=1S/C18H25N3O/c1-5-13(3)14-7-9-15(10-8-14)16(6-2)20-18(22)17-11-12-19-21(17)4/h7-13,16H,5-6H2,1-4H3,(H,20,22). The second-order valence-corrected chi connectivity index (χ2v) is 5.75. The van der Waals surface area contributed by atoms with E-state index in [1.807, 2.05) is 0 Å². The fraction of sp³-hybridized carbons (Fsp3) is 0.444. The van der Waals surface area contributed by atoms with E-state index in [1.54, 1.807) is 24.0 Å². The fourth-order valence-corrected chi connectivity index (χ4v) is 2.54. The molecule has 0 fully saturated rings. The Morgan fingerprint density at radius 3 is 2.27 bits per heavy atom. The van der Waals surface area contributed by atoms with Crippen molar-refractivity contribution in [1.82, 2.24) is 15.1 Å². The zero-order valence-electron chi connectivity index (χ0n) is 13.8. The lowest BCUT2D eigenvalue weighted by Crippen LogP contribution is -2.29. The maximum absolute atomic E-state index is 12.3. The first-order valence-corrected chi connectivity index (χ1v) is 7.95. The number of carbonyl (C=O) groups is 1. The lowest BCUT2D eigenvalue weighted by atomic mass is 9.95. The van der Waals surface area contributed by atoms with Crippen LogP contribution in [0.5, 0.6) is 0 Å². The molecule has 0 spiro atoms. The summed E-state index contributed by atoms with van der Waals surface area (Å²) in [5.74, 6) is 0.482. The number of amides is 1. The summed E-state index contributed by atoms with van der Waals surface area (Å²) in [6.45, 7) is 6.51. The van der Waals surface area contributed by atoms with Gasteiger partial charge < -0.3 is 5.32 Å². The first kappa shape index (κ1) is 16.3. The Bertz CT molecular complexity index is 616. The van der Waals surface area contributed by atoms with E-state index in [2.05, 4.69) is 55.5 Å². The minimum atomic E-state index is -0.0853. The number of hydrogen-bond acceptors (Lipinski definition) is 2. The van der Waals surface area contributed by atoms with E-state index in [1.165, 1.54) is 5.56 Å². The van der Waals surface area contributed by atoms with Gasteiger partial charge in [0.15, 0.2) is 0 Å². The Hall–Kier alpha value is -2.10. The lowest BCUT2D eigenvalue weighted by molar-refractivity contribution is 0.0926. The molecule has 0 aliphatic rings. The molecule has 0 radical (unpaired) electrons. The van der Waals surface area contributed by atoms with Gasteiger partial charge in [-0.3, -0.25) is 9.48 Å². The second-order valence-electron chi connectivity index (χ2n) is 5.75. The van der Waals surface area contributed by atoms with Crippen LogP contribution in [-0.2, 0) is 7.05 Å². The van der Waals surface area contributed by atoms with E-state index in [9.17, 15) is 4.79 Å². The van der Waals surface area contributed by atoms with Gasteiger partial charge in [-0.05, 0) is 36.0 Å². The molecule has 0 bridgehead atoms. The molecule has 0 saturated carbocycles. The van der Waals surface area contributed by atoms with Gasteiger partial charge in [-0.25, -0.2) is 0 Å². The zero-order chi connectivity index (χ0) is 16.1. The van der Waals surface area contributed by atoms with E-state index < -0.39 is 0 Å². The van der Waals surface area contributed by atoms with Gasteiger partial charge in [0.1, 0.15) is 5.69 Å². The number of benzene rings is 1. The van der Waals surface area contributed by atoms with Crippen LogP contribution in [0.25, 0.3) is 0 Å². The highest BCUT2D eigenvalue weighted by molar-refractivity contribution is 5.92. The van der Waals surface area contributed by atoms with Gasteiger partial charge in [0.2, 0.25) is 0 Å².